The minimum atomic E-state index is 0.202. The SMILES string of the molecule is c1ccc(N(c2ccc(C3CCc4cc5oc6ccccc6c5c(-c5cc6ccccc6c6ccccc56)c4-c4ccccc43)cc2)c2cccc3c2sc2ccccc23)cc1. The van der Waals surface area contributed by atoms with Crippen LogP contribution < -0.4 is 4.90 Å². The standard InChI is InChI=1S/C59H39NOS/c1-2-16-40(17-3-1)60(52-26-14-25-49-47-22-11-13-28-55(47)62-59(49)52)41-32-29-37(30-33-41)43-34-31-39-36-54-57(50-24-10-12-27-53(50)61-54)58(56(39)48-23-9-8-20-45(43)48)51-35-38-15-4-5-18-42(38)44-19-6-7-21-46(44)51/h1-30,32-33,35-36,43H,31,34H2. The van der Waals surface area contributed by atoms with Crippen LogP contribution in [0.2, 0.25) is 0 Å². The highest BCUT2D eigenvalue weighted by atomic mass is 32.1. The van der Waals surface area contributed by atoms with E-state index in [1.54, 1.807) is 0 Å². The highest BCUT2D eigenvalue weighted by Gasteiger charge is 2.30. The lowest BCUT2D eigenvalue weighted by molar-refractivity contribution is 0.667. The van der Waals surface area contributed by atoms with Crippen molar-refractivity contribution in [1.82, 2.24) is 0 Å². The number of fused-ring (bicyclic) bond motifs is 12. The van der Waals surface area contributed by atoms with Crippen LogP contribution in [0.3, 0.4) is 0 Å². The molecule has 1 aliphatic rings. The van der Waals surface area contributed by atoms with Crippen LogP contribution in [0, 0.1) is 0 Å². The quantitative estimate of drug-likeness (QED) is 0.161. The number of benzene rings is 10. The molecule has 12 aromatic rings. The smallest absolute Gasteiger partial charge is 0.136 e. The first-order valence-corrected chi connectivity index (χ1v) is 22.4. The minimum absolute atomic E-state index is 0.202. The van der Waals surface area contributed by atoms with Gasteiger partial charge in [-0.3, -0.25) is 0 Å². The molecule has 0 amide bonds. The maximum atomic E-state index is 6.77. The van der Waals surface area contributed by atoms with Crippen molar-refractivity contribution >= 4 is 92.1 Å². The largest absolute Gasteiger partial charge is 0.456 e. The van der Waals surface area contributed by atoms with E-state index in [1.807, 2.05) is 11.3 Å². The summed E-state index contributed by atoms with van der Waals surface area (Å²) < 4.78 is 9.38. The second kappa shape index (κ2) is 14.1. The van der Waals surface area contributed by atoms with Crippen LogP contribution in [0.25, 0.3) is 85.9 Å². The van der Waals surface area contributed by atoms with Crippen molar-refractivity contribution in [2.75, 3.05) is 4.90 Å². The fourth-order valence-electron chi connectivity index (χ4n) is 10.6. The molecule has 0 saturated carbocycles. The summed E-state index contributed by atoms with van der Waals surface area (Å²) in [6.45, 7) is 0. The van der Waals surface area contributed by atoms with E-state index in [4.69, 9.17) is 4.42 Å². The van der Waals surface area contributed by atoms with Crippen LogP contribution in [0.4, 0.5) is 17.1 Å². The van der Waals surface area contributed by atoms with E-state index in [2.05, 4.69) is 211 Å². The van der Waals surface area contributed by atoms with Crippen molar-refractivity contribution in [3.8, 4) is 22.3 Å². The predicted octanol–water partition coefficient (Wildman–Crippen LogP) is 17.1. The fraction of sp³-hybridized carbons (Fsp3) is 0.0508. The molecule has 0 saturated heterocycles. The molecule has 0 bridgehead atoms. The zero-order valence-corrected chi connectivity index (χ0v) is 34.7. The average Bonchev–Trinajstić information content (AvgIpc) is 3.86. The molecule has 1 unspecified atom stereocenters. The van der Waals surface area contributed by atoms with Crippen molar-refractivity contribution in [1.29, 1.82) is 0 Å². The Morgan fingerprint density at radius 2 is 1.15 bits per heavy atom. The molecule has 1 atom stereocenters. The summed E-state index contributed by atoms with van der Waals surface area (Å²) in [6, 6.07) is 76.0. The lowest BCUT2D eigenvalue weighted by Crippen LogP contribution is -2.10. The third-order valence-corrected chi connectivity index (χ3v) is 14.5. The molecule has 2 nitrogen and oxygen atoms in total. The molecule has 0 fully saturated rings. The number of para-hydroxylation sites is 2. The molecular weight excluding hydrogens is 771 g/mol. The molecule has 2 aromatic heterocycles. The molecule has 13 rings (SSSR count). The Kier molecular flexibility index (Phi) is 8.01. The molecule has 0 aliphatic heterocycles. The summed E-state index contributed by atoms with van der Waals surface area (Å²) in [5.41, 5.74) is 14.5. The van der Waals surface area contributed by atoms with Crippen molar-refractivity contribution in [2.45, 2.75) is 18.8 Å². The minimum Gasteiger partial charge on any atom is -0.456 e. The number of rotatable bonds is 5. The number of hydrogen-bond donors (Lipinski definition) is 0. The number of nitrogens with zero attached hydrogens (tertiary/aromatic N) is 1. The van der Waals surface area contributed by atoms with E-state index in [1.165, 1.54) is 91.7 Å². The van der Waals surface area contributed by atoms with Gasteiger partial charge in [-0.15, -0.1) is 11.3 Å². The van der Waals surface area contributed by atoms with Gasteiger partial charge in [0.1, 0.15) is 11.2 Å². The van der Waals surface area contributed by atoms with Gasteiger partial charge in [-0.2, -0.15) is 0 Å². The van der Waals surface area contributed by atoms with E-state index < -0.39 is 0 Å². The number of furan rings is 1. The molecule has 0 spiro atoms. The monoisotopic (exact) mass is 809 g/mol. The number of aryl methyl sites for hydroxylation is 1. The van der Waals surface area contributed by atoms with Gasteiger partial charge in [0.2, 0.25) is 0 Å². The zero-order chi connectivity index (χ0) is 40.7. The van der Waals surface area contributed by atoms with Gasteiger partial charge in [0.05, 0.1) is 10.4 Å². The Hall–Kier alpha value is -7.46. The van der Waals surface area contributed by atoms with Crippen LogP contribution in [-0.2, 0) is 6.42 Å². The second-order valence-electron chi connectivity index (χ2n) is 16.6. The third-order valence-electron chi connectivity index (χ3n) is 13.3. The fourth-order valence-corrected chi connectivity index (χ4v) is 11.8. The lowest BCUT2D eigenvalue weighted by atomic mass is 9.82. The number of anilines is 3. The van der Waals surface area contributed by atoms with Gasteiger partial charge >= 0.3 is 0 Å². The molecule has 2 heterocycles. The Morgan fingerprint density at radius 1 is 0.468 bits per heavy atom. The van der Waals surface area contributed by atoms with Crippen LogP contribution in [0.15, 0.2) is 211 Å². The second-order valence-corrected chi connectivity index (χ2v) is 17.7. The lowest BCUT2D eigenvalue weighted by Gasteiger charge is -2.27. The maximum Gasteiger partial charge on any atom is 0.136 e. The average molecular weight is 810 g/mol. The van der Waals surface area contributed by atoms with Crippen LogP contribution in [0.5, 0.6) is 0 Å². The summed E-state index contributed by atoms with van der Waals surface area (Å²) in [5.74, 6) is 0.202. The topological polar surface area (TPSA) is 16.4 Å². The molecule has 10 aromatic carbocycles. The molecule has 0 N–H and O–H groups in total. The first kappa shape index (κ1) is 35.3. The van der Waals surface area contributed by atoms with Crippen molar-refractivity contribution < 1.29 is 4.42 Å². The van der Waals surface area contributed by atoms with Gasteiger partial charge < -0.3 is 9.32 Å². The molecule has 292 valence electrons. The van der Waals surface area contributed by atoms with Gasteiger partial charge in [0, 0.05) is 49.1 Å². The Bertz CT molecular complexity index is 3710. The molecule has 3 heteroatoms. The number of hydrogen-bond acceptors (Lipinski definition) is 3. The zero-order valence-electron chi connectivity index (χ0n) is 33.9. The summed E-state index contributed by atoms with van der Waals surface area (Å²) in [7, 11) is 0. The van der Waals surface area contributed by atoms with Gasteiger partial charge in [-0.25, -0.2) is 0 Å². The van der Waals surface area contributed by atoms with E-state index >= 15 is 0 Å². The van der Waals surface area contributed by atoms with Gasteiger partial charge in [-0.05, 0) is 122 Å². The molecular formula is C59H39NOS. The van der Waals surface area contributed by atoms with Crippen molar-refractivity contribution in [2.24, 2.45) is 0 Å². The van der Waals surface area contributed by atoms with E-state index in [-0.39, 0.29) is 5.92 Å². The molecule has 1 aliphatic carbocycles. The van der Waals surface area contributed by atoms with Crippen LogP contribution in [-0.4, -0.2) is 0 Å². The maximum absolute atomic E-state index is 6.77. The van der Waals surface area contributed by atoms with E-state index in [0.29, 0.717) is 0 Å². The third kappa shape index (κ3) is 5.42. The van der Waals surface area contributed by atoms with Gasteiger partial charge in [0.25, 0.3) is 0 Å². The normalized spacial score (nSPS) is 13.8. The summed E-state index contributed by atoms with van der Waals surface area (Å²) >= 11 is 1.87. The van der Waals surface area contributed by atoms with Gasteiger partial charge in [0.15, 0.2) is 0 Å². The van der Waals surface area contributed by atoms with E-state index in [0.717, 1.165) is 40.8 Å². The summed E-state index contributed by atoms with van der Waals surface area (Å²) in [5, 5.41) is 9.99. The Labute approximate surface area is 363 Å². The highest BCUT2D eigenvalue weighted by molar-refractivity contribution is 7.26. The van der Waals surface area contributed by atoms with Crippen molar-refractivity contribution in [3.63, 3.8) is 0 Å². The van der Waals surface area contributed by atoms with E-state index in [9.17, 15) is 0 Å². The predicted molar refractivity (Wildman–Crippen MR) is 264 cm³/mol. The van der Waals surface area contributed by atoms with Crippen molar-refractivity contribution in [3.05, 3.63) is 223 Å². The Balaban J connectivity index is 0.996. The summed E-state index contributed by atoms with van der Waals surface area (Å²) in [4.78, 5) is 2.43. The summed E-state index contributed by atoms with van der Waals surface area (Å²) in [6.07, 6.45) is 1.91. The molecule has 0 radical (unpaired) electrons. The molecule has 62 heavy (non-hydrogen) atoms. The first-order valence-electron chi connectivity index (χ1n) is 21.6. The van der Waals surface area contributed by atoms with Gasteiger partial charge in [-0.1, -0.05) is 152 Å². The number of thiophene rings is 1. The Morgan fingerprint density at radius 3 is 2.02 bits per heavy atom. The van der Waals surface area contributed by atoms with Crippen LogP contribution in [0.1, 0.15) is 29.0 Å². The van der Waals surface area contributed by atoms with Crippen LogP contribution >= 0.6 is 11.3 Å². The highest BCUT2D eigenvalue weighted by Crippen LogP contribution is 2.52. The first-order chi connectivity index (χ1) is 30.8.